The molecule has 150 valence electrons. The molecule has 0 radical (unpaired) electrons. The van der Waals surface area contributed by atoms with E-state index in [4.69, 9.17) is 16.3 Å². The van der Waals surface area contributed by atoms with E-state index < -0.39 is 0 Å². The highest BCUT2D eigenvalue weighted by molar-refractivity contribution is 6.30. The molecule has 2 aromatic rings. The fraction of sp³-hybridized carbons (Fsp3) is 0.409. The van der Waals surface area contributed by atoms with Crippen LogP contribution in [0.4, 0.5) is 5.69 Å². The van der Waals surface area contributed by atoms with Gasteiger partial charge in [-0.3, -0.25) is 9.69 Å². The summed E-state index contributed by atoms with van der Waals surface area (Å²) in [7, 11) is 1.62. The Hall–Kier alpha value is -2.24. The Labute approximate surface area is 172 Å². The predicted octanol–water partition coefficient (Wildman–Crippen LogP) is 3.89. The molecule has 6 heteroatoms. The highest BCUT2D eigenvalue weighted by Crippen LogP contribution is 2.27. The maximum absolute atomic E-state index is 12.6. The topological polar surface area (TPSA) is 44.8 Å². The molecule has 1 heterocycles. The molecule has 0 unspecified atom stereocenters. The number of amides is 1. The zero-order valence-electron chi connectivity index (χ0n) is 16.4. The number of carbonyl (C=O) groups is 1. The van der Waals surface area contributed by atoms with E-state index in [1.807, 2.05) is 23.1 Å². The average molecular weight is 402 g/mol. The van der Waals surface area contributed by atoms with E-state index in [2.05, 4.69) is 34.5 Å². The van der Waals surface area contributed by atoms with Gasteiger partial charge in [-0.05, 0) is 30.2 Å². The summed E-state index contributed by atoms with van der Waals surface area (Å²) >= 11 is 6.05. The summed E-state index contributed by atoms with van der Waals surface area (Å²) in [5, 5.41) is 3.90. The van der Waals surface area contributed by atoms with Crippen molar-refractivity contribution in [2.24, 2.45) is 0 Å². The third-order valence-corrected chi connectivity index (χ3v) is 5.24. The number of ether oxygens (including phenoxy) is 1. The van der Waals surface area contributed by atoms with E-state index in [0.717, 1.165) is 50.6 Å². The van der Waals surface area contributed by atoms with Gasteiger partial charge >= 0.3 is 0 Å². The summed E-state index contributed by atoms with van der Waals surface area (Å²) in [6.07, 6.45) is 1.46. The molecule has 2 aromatic carbocycles. The fourth-order valence-corrected chi connectivity index (χ4v) is 3.67. The molecular formula is C22H28ClN3O2. The van der Waals surface area contributed by atoms with Crippen molar-refractivity contribution < 1.29 is 9.53 Å². The van der Waals surface area contributed by atoms with Crippen LogP contribution in [0.3, 0.4) is 0 Å². The molecule has 0 bridgehead atoms. The lowest BCUT2D eigenvalue weighted by molar-refractivity contribution is -0.130. The van der Waals surface area contributed by atoms with Crippen molar-refractivity contribution in [3.8, 4) is 5.75 Å². The number of nitrogens with zero attached hydrogens (tertiary/aromatic N) is 2. The van der Waals surface area contributed by atoms with Crippen LogP contribution in [0.25, 0.3) is 0 Å². The first kappa shape index (κ1) is 20.5. The third kappa shape index (κ3) is 5.88. The van der Waals surface area contributed by atoms with Gasteiger partial charge in [-0.2, -0.15) is 0 Å². The summed E-state index contributed by atoms with van der Waals surface area (Å²) in [6, 6.07) is 15.9. The van der Waals surface area contributed by atoms with Gasteiger partial charge < -0.3 is 15.0 Å². The minimum absolute atomic E-state index is 0.190. The highest BCUT2D eigenvalue weighted by Gasteiger charge is 2.19. The Bertz CT molecular complexity index is 770. The zero-order valence-corrected chi connectivity index (χ0v) is 17.1. The second-order valence-corrected chi connectivity index (χ2v) is 7.45. The normalized spacial score (nSPS) is 15.1. The number of halogens is 1. The van der Waals surface area contributed by atoms with Crippen molar-refractivity contribution in [1.82, 2.24) is 9.80 Å². The lowest BCUT2D eigenvalue weighted by Crippen LogP contribution is -2.35. The monoisotopic (exact) mass is 401 g/mol. The van der Waals surface area contributed by atoms with Crippen molar-refractivity contribution in [2.45, 2.75) is 19.4 Å². The lowest BCUT2D eigenvalue weighted by Gasteiger charge is -2.22. The van der Waals surface area contributed by atoms with Gasteiger partial charge in [0.05, 0.1) is 12.8 Å². The molecule has 0 atom stereocenters. The minimum Gasteiger partial charge on any atom is -0.495 e. The molecule has 3 rings (SSSR count). The first-order valence-electron chi connectivity index (χ1n) is 9.77. The SMILES string of the molecule is COc1ccc(Cl)cc1NCCC(=O)N1CCCN(Cc2ccccc2)CC1. The van der Waals surface area contributed by atoms with E-state index in [1.165, 1.54) is 5.56 Å². The maximum atomic E-state index is 12.6. The van der Waals surface area contributed by atoms with Crippen LogP contribution >= 0.6 is 11.6 Å². The molecule has 1 N–H and O–H groups in total. The molecule has 1 amide bonds. The number of rotatable bonds is 7. The van der Waals surface area contributed by atoms with Crippen molar-refractivity contribution in [3.05, 3.63) is 59.1 Å². The van der Waals surface area contributed by atoms with Crippen molar-refractivity contribution >= 4 is 23.2 Å². The summed E-state index contributed by atoms with van der Waals surface area (Å²) in [6.45, 7) is 5.04. The summed E-state index contributed by atoms with van der Waals surface area (Å²) in [5.41, 5.74) is 2.13. The summed E-state index contributed by atoms with van der Waals surface area (Å²) < 4.78 is 5.33. The Morgan fingerprint density at radius 2 is 1.93 bits per heavy atom. The van der Waals surface area contributed by atoms with E-state index in [-0.39, 0.29) is 5.91 Å². The Morgan fingerprint density at radius 3 is 2.71 bits per heavy atom. The van der Waals surface area contributed by atoms with Crippen molar-refractivity contribution in [2.75, 3.05) is 45.2 Å². The van der Waals surface area contributed by atoms with Crippen LogP contribution in [0.1, 0.15) is 18.4 Å². The fourth-order valence-electron chi connectivity index (χ4n) is 3.50. The van der Waals surface area contributed by atoms with E-state index >= 15 is 0 Å². The maximum Gasteiger partial charge on any atom is 0.224 e. The van der Waals surface area contributed by atoms with Gasteiger partial charge in [-0.15, -0.1) is 0 Å². The molecule has 5 nitrogen and oxygen atoms in total. The second-order valence-electron chi connectivity index (χ2n) is 7.02. The summed E-state index contributed by atoms with van der Waals surface area (Å²) in [4.78, 5) is 17.1. The number of benzene rings is 2. The van der Waals surface area contributed by atoms with Crippen LogP contribution < -0.4 is 10.1 Å². The van der Waals surface area contributed by atoms with Gasteiger partial charge in [-0.1, -0.05) is 41.9 Å². The molecule has 1 aliphatic rings. The Balaban J connectivity index is 1.45. The Morgan fingerprint density at radius 1 is 1.11 bits per heavy atom. The molecule has 0 spiro atoms. The van der Waals surface area contributed by atoms with E-state index in [9.17, 15) is 4.79 Å². The van der Waals surface area contributed by atoms with Crippen LogP contribution in [0.2, 0.25) is 5.02 Å². The van der Waals surface area contributed by atoms with E-state index in [0.29, 0.717) is 18.0 Å². The third-order valence-electron chi connectivity index (χ3n) is 5.01. The average Bonchev–Trinajstić information content (AvgIpc) is 2.94. The van der Waals surface area contributed by atoms with Crippen LogP contribution in [-0.4, -0.2) is 55.5 Å². The van der Waals surface area contributed by atoms with Crippen LogP contribution in [0, 0.1) is 0 Å². The smallest absolute Gasteiger partial charge is 0.224 e. The van der Waals surface area contributed by atoms with Gasteiger partial charge in [0.25, 0.3) is 0 Å². The largest absolute Gasteiger partial charge is 0.495 e. The quantitative estimate of drug-likeness (QED) is 0.764. The van der Waals surface area contributed by atoms with Gasteiger partial charge in [-0.25, -0.2) is 0 Å². The number of anilines is 1. The first-order valence-corrected chi connectivity index (χ1v) is 10.1. The molecule has 0 aliphatic carbocycles. The number of nitrogens with one attached hydrogen (secondary N) is 1. The van der Waals surface area contributed by atoms with E-state index in [1.54, 1.807) is 13.2 Å². The molecule has 28 heavy (non-hydrogen) atoms. The molecule has 1 fully saturated rings. The van der Waals surface area contributed by atoms with Crippen LogP contribution in [-0.2, 0) is 11.3 Å². The van der Waals surface area contributed by atoms with Crippen molar-refractivity contribution in [1.29, 1.82) is 0 Å². The van der Waals surface area contributed by atoms with Gasteiger partial charge in [0.15, 0.2) is 0 Å². The Kier molecular flexibility index (Phi) is 7.57. The van der Waals surface area contributed by atoms with Crippen molar-refractivity contribution in [3.63, 3.8) is 0 Å². The molecule has 0 saturated carbocycles. The number of carbonyl (C=O) groups excluding carboxylic acids is 1. The molecular weight excluding hydrogens is 374 g/mol. The number of methoxy groups -OCH3 is 1. The predicted molar refractivity (Wildman–Crippen MR) is 114 cm³/mol. The standard InChI is InChI=1S/C22H28ClN3O2/c1-28-21-9-8-19(23)16-20(21)24-11-10-22(27)26-13-5-12-25(14-15-26)17-18-6-3-2-4-7-18/h2-4,6-9,16,24H,5,10-15,17H2,1H3. The molecule has 1 aliphatic heterocycles. The van der Waals surface area contributed by atoms with Gasteiger partial charge in [0.1, 0.15) is 5.75 Å². The molecule has 0 aromatic heterocycles. The van der Waals surface area contributed by atoms with Gasteiger partial charge in [0.2, 0.25) is 5.91 Å². The molecule has 1 saturated heterocycles. The highest BCUT2D eigenvalue weighted by atomic mass is 35.5. The number of hydrogen-bond donors (Lipinski definition) is 1. The second kappa shape index (κ2) is 10.3. The summed E-state index contributed by atoms with van der Waals surface area (Å²) in [5.74, 6) is 0.915. The van der Waals surface area contributed by atoms with Crippen LogP contribution in [0.15, 0.2) is 48.5 Å². The lowest BCUT2D eigenvalue weighted by atomic mass is 10.2. The van der Waals surface area contributed by atoms with Crippen LogP contribution in [0.5, 0.6) is 5.75 Å². The number of hydrogen-bond acceptors (Lipinski definition) is 4. The minimum atomic E-state index is 0.190. The van der Waals surface area contributed by atoms with Gasteiger partial charge in [0, 0.05) is 50.7 Å². The first-order chi connectivity index (χ1) is 13.7. The zero-order chi connectivity index (χ0) is 19.8.